The predicted octanol–water partition coefficient (Wildman–Crippen LogP) is 2.26. The van der Waals surface area contributed by atoms with Crippen molar-refractivity contribution in [3.05, 3.63) is 0 Å². The Bertz CT molecular complexity index is 236. The summed E-state index contributed by atoms with van der Waals surface area (Å²) in [5, 5.41) is 0. The van der Waals surface area contributed by atoms with Gasteiger partial charge in [0.15, 0.2) is 0 Å². The Hall–Kier alpha value is -0.660. The molecule has 0 aliphatic heterocycles. The van der Waals surface area contributed by atoms with Crippen LogP contribution in [-0.4, -0.2) is 11.6 Å². The minimum atomic E-state index is -0.0633. The lowest BCUT2D eigenvalue weighted by atomic mass is 9.64. The van der Waals surface area contributed by atoms with E-state index < -0.39 is 0 Å². The van der Waals surface area contributed by atoms with E-state index in [4.69, 9.17) is 0 Å². The molecule has 0 atom stereocenters. The molecule has 2 rings (SSSR count). The summed E-state index contributed by atoms with van der Waals surface area (Å²) >= 11 is 0. The Morgan fingerprint density at radius 1 is 0.923 bits per heavy atom. The van der Waals surface area contributed by atoms with Gasteiger partial charge in [0.1, 0.15) is 11.6 Å². The van der Waals surface area contributed by atoms with Crippen LogP contribution >= 0.6 is 0 Å². The lowest BCUT2D eigenvalue weighted by molar-refractivity contribution is -0.139. The van der Waals surface area contributed by atoms with E-state index in [2.05, 4.69) is 0 Å². The summed E-state index contributed by atoms with van der Waals surface area (Å²) in [5.41, 5.74) is -0.0633. The van der Waals surface area contributed by atoms with Crippen LogP contribution in [0.3, 0.4) is 0 Å². The third kappa shape index (κ3) is 1.54. The second-order valence-corrected chi connectivity index (χ2v) is 4.48. The third-order valence-electron chi connectivity index (χ3n) is 3.64. The molecule has 0 amide bonds. The van der Waals surface area contributed by atoms with Crippen molar-refractivity contribution in [3.8, 4) is 0 Å². The Morgan fingerprint density at radius 3 is 2.23 bits per heavy atom. The fourth-order valence-electron chi connectivity index (χ4n) is 2.73. The minimum Gasteiger partial charge on any atom is -0.299 e. The van der Waals surface area contributed by atoms with Crippen molar-refractivity contribution in [2.45, 2.75) is 51.4 Å². The summed E-state index contributed by atoms with van der Waals surface area (Å²) in [6.45, 7) is 0. The van der Waals surface area contributed by atoms with Crippen LogP contribution in [0.5, 0.6) is 0 Å². The van der Waals surface area contributed by atoms with Gasteiger partial charge >= 0.3 is 0 Å². The van der Waals surface area contributed by atoms with Crippen LogP contribution in [0, 0.1) is 5.41 Å². The van der Waals surface area contributed by atoms with Gasteiger partial charge in [-0.3, -0.25) is 9.59 Å². The lowest BCUT2D eigenvalue weighted by Crippen LogP contribution is -2.38. The number of hydrogen-bond acceptors (Lipinski definition) is 2. The third-order valence-corrected chi connectivity index (χ3v) is 3.64. The maximum Gasteiger partial charge on any atom is 0.146 e. The van der Waals surface area contributed by atoms with Crippen molar-refractivity contribution in [1.82, 2.24) is 0 Å². The number of Topliss-reactive ketones (excluding diaryl/α,β-unsaturated/α-hetero) is 2. The highest BCUT2D eigenvalue weighted by atomic mass is 16.2. The number of ketones is 2. The second kappa shape index (κ2) is 3.24. The van der Waals surface area contributed by atoms with Gasteiger partial charge in [-0.1, -0.05) is 19.3 Å². The maximum absolute atomic E-state index is 11.8. The van der Waals surface area contributed by atoms with E-state index in [1.807, 2.05) is 0 Å². The lowest BCUT2D eigenvalue weighted by Gasteiger charge is -2.38. The summed E-state index contributed by atoms with van der Waals surface area (Å²) in [7, 11) is 0. The van der Waals surface area contributed by atoms with E-state index in [0.29, 0.717) is 6.42 Å². The zero-order valence-corrected chi connectivity index (χ0v) is 7.97. The van der Waals surface area contributed by atoms with Crippen LogP contribution in [-0.2, 0) is 9.59 Å². The summed E-state index contributed by atoms with van der Waals surface area (Å²) in [6, 6.07) is 0. The van der Waals surface area contributed by atoms with Gasteiger partial charge in [-0.2, -0.15) is 0 Å². The van der Waals surface area contributed by atoms with Crippen LogP contribution in [0.25, 0.3) is 0 Å². The molecule has 2 fully saturated rings. The molecule has 0 saturated heterocycles. The van der Waals surface area contributed by atoms with Gasteiger partial charge < -0.3 is 0 Å². The summed E-state index contributed by atoms with van der Waals surface area (Å²) < 4.78 is 0. The van der Waals surface area contributed by atoms with Gasteiger partial charge in [0.25, 0.3) is 0 Å². The number of carbonyl (C=O) groups excluding carboxylic acids is 2. The zero-order valence-electron chi connectivity index (χ0n) is 7.97. The van der Waals surface area contributed by atoms with E-state index in [-0.39, 0.29) is 23.4 Å². The second-order valence-electron chi connectivity index (χ2n) is 4.48. The predicted molar refractivity (Wildman–Crippen MR) is 49.4 cm³/mol. The van der Waals surface area contributed by atoms with Crippen LogP contribution < -0.4 is 0 Å². The summed E-state index contributed by atoms with van der Waals surface area (Å²) in [5.74, 6) is 0.393. The molecule has 0 heterocycles. The average molecular weight is 180 g/mol. The molecule has 0 aromatic heterocycles. The molecule has 2 aliphatic carbocycles. The molecule has 0 unspecified atom stereocenters. The number of rotatable bonds is 0. The molecular formula is C11H16O2. The highest BCUT2D eigenvalue weighted by Gasteiger charge is 2.42. The van der Waals surface area contributed by atoms with E-state index in [9.17, 15) is 9.59 Å². The first-order valence-corrected chi connectivity index (χ1v) is 5.28. The zero-order chi connectivity index (χ0) is 9.31. The van der Waals surface area contributed by atoms with Crippen molar-refractivity contribution < 1.29 is 9.59 Å². The smallest absolute Gasteiger partial charge is 0.146 e. The fourth-order valence-corrected chi connectivity index (χ4v) is 2.73. The Labute approximate surface area is 78.7 Å². The van der Waals surface area contributed by atoms with Crippen molar-refractivity contribution in [1.29, 1.82) is 0 Å². The van der Waals surface area contributed by atoms with E-state index in [1.54, 1.807) is 0 Å². The molecule has 0 radical (unpaired) electrons. The summed E-state index contributed by atoms with van der Waals surface area (Å²) in [4.78, 5) is 22.8. The summed E-state index contributed by atoms with van der Waals surface area (Å²) in [6.07, 6.45) is 7.41. The average Bonchev–Trinajstić information content (AvgIpc) is 2.14. The monoisotopic (exact) mass is 180 g/mol. The molecular weight excluding hydrogens is 164 g/mol. The molecule has 2 heteroatoms. The molecule has 72 valence electrons. The largest absolute Gasteiger partial charge is 0.299 e. The molecule has 0 aromatic carbocycles. The van der Waals surface area contributed by atoms with Gasteiger partial charge in [0.05, 0.1) is 6.42 Å². The topological polar surface area (TPSA) is 34.1 Å². The molecule has 0 N–H and O–H groups in total. The van der Waals surface area contributed by atoms with Gasteiger partial charge in [-0.25, -0.2) is 0 Å². The first-order valence-electron chi connectivity index (χ1n) is 5.28. The first-order chi connectivity index (χ1) is 6.23. The van der Waals surface area contributed by atoms with Crippen molar-refractivity contribution in [2.24, 2.45) is 5.41 Å². The molecule has 0 bridgehead atoms. The minimum absolute atomic E-state index is 0.0633. The highest BCUT2D eigenvalue weighted by Crippen LogP contribution is 2.44. The normalized spacial score (nSPS) is 28.0. The Kier molecular flexibility index (Phi) is 2.22. The van der Waals surface area contributed by atoms with E-state index >= 15 is 0 Å². The van der Waals surface area contributed by atoms with Gasteiger partial charge in [-0.15, -0.1) is 0 Å². The van der Waals surface area contributed by atoms with Gasteiger partial charge in [0, 0.05) is 11.8 Å². The molecule has 2 nitrogen and oxygen atoms in total. The van der Waals surface area contributed by atoms with Crippen LogP contribution in [0.2, 0.25) is 0 Å². The molecule has 0 aromatic rings. The highest BCUT2D eigenvalue weighted by molar-refractivity contribution is 6.04. The molecule has 2 aliphatic rings. The van der Waals surface area contributed by atoms with Crippen molar-refractivity contribution in [2.75, 3.05) is 0 Å². The first kappa shape index (κ1) is 8.92. The molecule has 1 spiro atoms. The maximum atomic E-state index is 11.8. The van der Waals surface area contributed by atoms with Gasteiger partial charge in [-0.05, 0) is 19.3 Å². The van der Waals surface area contributed by atoms with Crippen molar-refractivity contribution in [3.63, 3.8) is 0 Å². The van der Waals surface area contributed by atoms with Crippen molar-refractivity contribution >= 4 is 11.6 Å². The Balaban J connectivity index is 2.12. The van der Waals surface area contributed by atoms with Gasteiger partial charge in [0.2, 0.25) is 0 Å². The van der Waals surface area contributed by atoms with Crippen LogP contribution in [0.4, 0.5) is 0 Å². The standard InChI is InChI=1S/C11H16O2/c12-9-4-7-11(10(13)8-9)5-2-1-3-6-11/h1-8H2. The van der Waals surface area contributed by atoms with E-state index in [1.165, 1.54) is 19.3 Å². The Morgan fingerprint density at radius 2 is 1.62 bits per heavy atom. The van der Waals surface area contributed by atoms with E-state index in [0.717, 1.165) is 19.3 Å². The molecule has 13 heavy (non-hydrogen) atoms. The SMILES string of the molecule is O=C1CCC2(CCCCC2)C(=O)C1. The molecule has 2 saturated carbocycles. The quantitative estimate of drug-likeness (QED) is 0.536. The fraction of sp³-hybridized carbons (Fsp3) is 0.818. The number of hydrogen-bond donors (Lipinski definition) is 0. The number of carbonyl (C=O) groups is 2. The van der Waals surface area contributed by atoms with Crippen LogP contribution in [0.1, 0.15) is 51.4 Å². The van der Waals surface area contributed by atoms with Crippen LogP contribution in [0.15, 0.2) is 0 Å².